The lowest BCUT2D eigenvalue weighted by Crippen LogP contribution is -2.31. The summed E-state index contributed by atoms with van der Waals surface area (Å²) >= 11 is 0. The van der Waals surface area contributed by atoms with E-state index in [2.05, 4.69) is 49.9 Å². The molecule has 1 fully saturated rings. The van der Waals surface area contributed by atoms with Crippen LogP contribution in [0.2, 0.25) is 0 Å². The van der Waals surface area contributed by atoms with E-state index in [0.717, 1.165) is 12.6 Å². The van der Waals surface area contributed by atoms with Crippen molar-refractivity contribution < 1.29 is 0 Å². The van der Waals surface area contributed by atoms with Crippen molar-refractivity contribution in [3.8, 4) is 0 Å². The molecule has 0 unspecified atom stereocenters. The standard InChI is InChI=1S/C15H24N2/c1-11(2)10-17(13-8-9-13)15-7-5-4-6-14(15)12(3)16/h4-7,11-13H,8-10,16H2,1-3H3/t12-/m1/s1. The highest BCUT2D eigenvalue weighted by atomic mass is 15.2. The average Bonchev–Trinajstić information content (AvgIpc) is 3.09. The molecular formula is C15H24N2. The maximum absolute atomic E-state index is 6.08. The monoisotopic (exact) mass is 232 g/mol. The Hall–Kier alpha value is -1.02. The van der Waals surface area contributed by atoms with Gasteiger partial charge in [-0.3, -0.25) is 0 Å². The lowest BCUT2D eigenvalue weighted by molar-refractivity contribution is 0.604. The molecule has 0 aliphatic heterocycles. The van der Waals surface area contributed by atoms with Crippen LogP contribution in [0.3, 0.4) is 0 Å². The number of hydrogen-bond acceptors (Lipinski definition) is 2. The zero-order valence-electron chi connectivity index (χ0n) is 11.2. The van der Waals surface area contributed by atoms with Gasteiger partial charge in [0.1, 0.15) is 0 Å². The highest BCUT2D eigenvalue weighted by Crippen LogP contribution is 2.35. The predicted molar refractivity (Wildman–Crippen MR) is 74.3 cm³/mol. The molecule has 94 valence electrons. The second-order valence-electron chi connectivity index (χ2n) is 5.62. The molecule has 2 N–H and O–H groups in total. The van der Waals surface area contributed by atoms with E-state index in [1.54, 1.807) is 0 Å². The number of hydrogen-bond donors (Lipinski definition) is 1. The van der Waals surface area contributed by atoms with Crippen LogP contribution in [0.15, 0.2) is 24.3 Å². The Bertz CT molecular complexity index is 367. The minimum Gasteiger partial charge on any atom is -0.368 e. The van der Waals surface area contributed by atoms with Gasteiger partial charge >= 0.3 is 0 Å². The zero-order chi connectivity index (χ0) is 12.4. The number of anilines is 1. The molecule has 0 bridgehead atoms. The Balaban J connectivity index is 2.28. The van der Waals surface area contributed by atoms with Crippen LogP contribution in [0.5, 0.6) is 0 Å². The van der Waals surface area contributed by atoms with Gasteiger partial charge in [0.25, 0.3) is 0 Å². The maximum Gasteiger partial charge on any atom is 0.0417 e. The van der Waals surface area contributed by atoms with Crippen molar-refractivity contribution in [3.63, 3.8) is 0 Å². The molecule has 1 aromatic carbocycles. The van der Waals surface area contributed by atoms with Gasteiger partial charge in [0.05, 0.1) is 0 Å². The molecule has 0 heterocycles. The Kier molecular flexibility index (Phi) is 3.72. The maximum atomic E-state index is 6.08. The van der Waals surface area contributed by atoms with Crippen molar-refractivity contribution in [3.05, 3.63) is 29.8 Å². The van der Waals surface area contributed by atoms with Gasteiger partial charge in [0, 0.05) is 24.3 Å². The molecule has 1 aromatic rings. The fraction of sp³-hybridized carbons (Fsp3) is 0.600. The van der Waals surface area contributed by atoms with Crippen LogP contribution in [0.1, 0.15) is 45.2 Å². The first kappa shape index (κ1) is 12.4. The van der Waals surface area contributed by atoms with Crippen molar-refractivity contribution in [2.75, 3.05) is 11.4 Å². The number of nitrogens with two attached hydrogens (primary N) is 1. The minimum atomic E-state index is 0.111. The summed E-state index contributed by atoms with van der Waals surface area (Å²) in [6.07, 6.45) is 2.67. The minimum absolute atomic E-state index is 0.111. The summed E-state index contributed by atoms with van der Waals surface area (Å²) in [5.41, 5.74) is 8.70. The topological polar surface area (TPSA) is 29.3 Å². The molecule has 0 amide bonds. The highest BCUT2D eigenvalue weighted by Gasteiger charge is 2.30. The van der Waals surface area contributed by atoms with E-state index in [4.69, 9.17) is 5.73 Å². The molecule has 1 saturated carbocycles. The molecule has 1 atom stereocenters. The van der Waals surface area contributed by atoms with Gasteiger partial charge in [0.15, 0.2) is 0 Å². The zero-order valence-corrected chi connectivity index (χ0v) is 11.2. The summed E-state index contributed by atoms with van der Waals surface area (Å²) in [4.78, 5) is 2.56. The lowest BCUT2D eigenvalue weighted by atomic mass is 10.0. The van der Waals surface area contributed by atoms with Gasteiger partial charge in [0.2, 0.25) is 0 Å². The molecule has 1 aliphatic carbocycles. The number of nitrogens with zero attached hydrogens (tertiary/aromatic N) is 1. The van der Waals surface area contributed by atoms with Crippen LogP contribution >= 0.6 is 0 Å². The van der Waals surface area contributed by atoms with E-state index in [1.165, 1.54) is 24.1 Å². The molecule has 1 aliphatic rings. The summed E-state index contributed by atoms with van der Waals surface area (Å²) in [7, 11) is 0. The highest BCUT2D eigenvalue weighted by molar-refractivity contribution is 5.56. The van der Waals surface area contributed by atoms with Crippen LogP contribution in [0, 0.1) is 5.92 Å². The van der Waals surface area contributed by atoms with E-state index in [9.17, 15) is 0 Å². The van der Waals surface area contributed by atoms with Crippen molar-refractivity contribution >= 4 is 5.69 Å². The normalized spacial score (nSPS) is 17.2. The largest absolute Gasteiger partial charge is 0.368 e. The number of para-hydroxylation sites is 1. The Morgan fingerprint density at radius 3 is 2.41 bits per heavy atom. The van der Waals surface area contributed by atoms with Crippen molar-refractivity contribution in [2.45, 2.75) is 45.7 Å². The molecule has 2 rings (SSSR count). The summed E-state index contributed by atoms with van der Waals surface area (Å²) in [5, 5.41) is 0. The summed E-state index contributed by atoms with van der Waals surface area (Å²) < 4.78 is 0. The van der Waals surface area contributed by atoms with Crippen molar-refractivity contribution in [1.29, 1.82) is 0 Å². The smallest absolute Gasteiger partial charge is 0.0417 e. The third-order valence-electron chi connectivity index (χ3n) is 3.29. The van der Waals surface area contributed by atoms with E-state index in [1.807, 2.05) is 0 Å². The molecule has 0 radical (unpaired) electrons. The fourth-order valence-electron chi connectivity index (χ4n) is 2.36. The van der Waals surface area contributed by atoms with Gasteiger partial charge in [-0.25, -0.2) is 0 Å². The first-order valence-electron chi connectivity index (χ1n) is 6.70. The second kappa shape index (κ2) is 5.09. The van der Waals surface area contributed by atoms with E-state index in [-0.39, 0.29) is 6.04 Å². The van der Waals surface area contributed by atoms with Crippen molar-refractivity contribution in [1.82, 2.24) is 0 Å². The van der Waals surface area contributed by atoms with Crippen LogP contribution in [-0.2, 0) is 0 Å². The molecular weight excluding hydrogens is 208 g/mol. The molecule has 0 spiro atoms. The summed E-state index contributed by atoms with van der Waals surface area (Å²) in [6, 6.07) is 9.45. The SMILES string of the molecule is CC(C)CN(c1ccccc1[C@@H](C)N)C1CC1. The third kappa shape index (κ3) is 3.01. The second-order valence-corrected chi connectivity index (χ2v) is 5.62. The van der Waals surface area contributed by atoms with Crippen LogP contribution in [-0.4, -0.2) is 12.6 Å². The van der Waals surface area contributed by atoms with E-state index < -0.39 is 0 Å². The van der Waals surface area contributed by atoms with Crippen LogP contribution in [0.4, 0.5) is 5.69 Å². The average molecular weight is 232 g/mol. The number of rotatable bonds is 5. The van der Waals surface area contributed by atoms with Gasteiger partial charge in [-0.1, -0.05) is 32.0 Å². The molecule has 2 nitrogen and oxygen atoms in total. The summed E-state index contributed by atoms with van der Waals surface area (Å²) in [5.74, 6) is 0.691. The first-order valence-corrected chi connectivity index (χ1v) is 6.70. The Morgan fingerprint density at radius 1 is 1.24 bits per heavy atom. The lowest BCUT2D eigenvalue weighted by Gasteiger charge is -2.29. The van der Waals surface area contributed by atoms with Gasteiger partial charge in [-0.15, -0.1) is 0 Å². The molecule has 0 saturated heterocycles. The predicted octanol–water partition coefficient (Wildman–Crippen LogP) is 3.33. The van der Waals surface area contributed by atoms with Crippen LogP contribution < -0.4 is 10.6 Å². The quantitative estimate of drug-likeness (QED) is 0.843. The van der Waals surface area contributed by atoms with E-state index >= 15 is 0 Å². The Morgan fingerprint density at radius 2 is 1.88 bits per heavy atom. The van der Waals surface area contributed by atoms with Crippen molar-refractivity contribution in [2.24, 2.45) is 11.7 Å². The first-order chi connectivity index (χ1) is 8.09. The summed E-state index contributed by atoms with van der Waals surface area (Å²) in [6.45, 7) is 7.77. The number of benzene rings is 1. The van der Waals surface area contributed by atoms with Gasteiger partial charge in [-0.05, 0) is 37.3 Å². The van der Waals surface area contributed by atoms with Crippen LogP contribution in [0.25, 0.3) is 0 Å². The fourth-order valence-corrected chi connectivity index (χ4v) is 2.36. The van der Waals surface area contributed by atoms with E-state index in [0.29, 0.717) is 5.92 Å². The third-order valence-corrected chi connectivity index (χ3v) is 3.29. The molecule has 2 heteroatoms. The molecule has 17 heavy (non-hydrogen) atoms. The van der Waals surface area contributed by atoms with Gasteiger partial charge < -0.3 is 10.6 Å². The molecule has 0 aromatic heterocycles. The Labute approximate surface area is 105 Å². The van der Waals surface area contributed by atoms with Gasteiger partial charge in [-0.2, -0.15) is 0 Å².